The van der Waals surface area contributed by atoms with E-state index in [9.17, 15) is 15.0 Å². The third-order valence-corrected chi connectivity index (χ3v) is 5.87. The van der Waals surface area contributed by atoms with Gasteiger partial charge in [0.15, 0.2) is 0 Å². The highest BCUT2D eigenvalue weighted by atomic mass is 16.6. The Labute approximate surface area is 154 Å². The second kappa shape index (κ2) is 8.90. The van der Waals surface area contributed by atoms with Crippen LogP contribution in [0, 0.1) is 29.6 Å². The van der Waals surface area contributed by atoms with Gasteiger partial charge in [-0.15, -0.1) is 0 Å². The van der Waals surface area contributed by atoms with E-state index in [0.717, 1.165) is 30.5 Å². The van der Waals surface area contributed by atoms with Crippen molar-refractivity contribution in [2.45, 2.75) is 70.0 Å². The molecule has 6 nitrogen and oxygen atoms in total. The Morgan fingerprint density at radius 3 is 2.77 bits per heavy atom. The Bertz CT molecular complexity index is 599. The van der Waals surface area contributed by atoms with Gasteiger partial charge in [-0.05, 0) is 43.6 Å². The van der Waals surface area contributed by atoms with Gasteiger partial charge >= 0.3 is 5.97 Å². The number of rotatable bonds is 7. The fourth-order valence-corrected chi connectivity index (χ4v) is 4.24. The Balaban J connectivity index is 1.47. The van der Waals surface area contributed by atoms with Crippen molar-refractivity contribution in [3.63, 3.8) is 0 Å². The van der Waals surface area contributed by atoms with Crippen molar-refractivity contribution in [2.24, 2.45) is 17.8 Å². The van der Waals surface area contributed by atoms with Crippen LogP contribution in [-0.2, 0) is 9.63 Å². The van der Waals surface area contributed by atoms with Crippen molar-refractivity contribution in [1.82, 2.24) is 5.48 Å². The van der Waals surface area contributed by atoms with Crippen LogP contribution in [0.4, 0.5) is 0 Å². The zero-order valence-electron chi connectivity index (χ0n) is 15.1. The molecular formula is C20H29NO5. The molecule has 0 bridgehead atoms. The number of carbonyl (C=O) groups is 1. The summed E-state index contributed by atoms with van der Waals surface area (Å²) < 4.78 is 0. The fourth-order valence-electron chi connectivity index (χ4n) is 4.24. The number of aliphatic carboxylic acids is 1. The van der Waals surface area contributed by atoms with Gasteiger partial charge in [-0.3, -0.25) is 15.1 Å². The molecule has 4 atom stereocenters. The van der Waals surface area contributed by atoms with Crippen molar-refractivity contribution in [3.8, 4) is 11.8 Å². The monoisotopic (exact) mass is 363 g/mol. The lowest BCUT2D eigenvalue weighted by atomic mass is 9.83. The van der Waals surface area contributed by atoms with E-state index in [2.05, 4.69) is 17.3 Å². The highest BCUT2D eigenvalue weighted by Crippen LogP contribution is 2.48. The van der Waals surface area contributed by atoms with Crippen molar-refractivity contribution < 1.29 is 25.0 Å². The summed E-state index contributed by atoms with van der Waals surface area (Å²) in [7, 11) is 0. The third kappa shape index (κ3) is 4.59. The number of hydroxylamine groups is 1. The van der Waals surface area contributed by atoms with E-state index < -0.39 is 18.2 Å². The number of hydrogen-bond donors (Lipinski definition) is 4. The number of nitrogens with one attached hydrogen (secondary N) is 1. The molecule has 0 aliphatic heterocycles. The maximum atomic E-state index is 10.5. The van der Waals surface area contributed by atoms with Gasteiger partial charge in [0.2, 0.25) is 0 Å². The number of aliphatic hydroxyl groups is 2. The van der Waals surface area contributed by atoms with E-state index in [4.69, 9.17) is 9.94 Å². The first-order valence-electron chi connectivity index (χ1n) is 9.75. The molecule has 3 rings (SSSR count). The van der Waals surface area contributed by atoms with E-state index in [1.165, 1.54) is 19.3 Å². The number of fused-ring (bicyclic) bond motifs is 1. The predicted octanol–water partition coefficient (Wildman–Crippen LogP) is 1.97. The van der Waals surface area contributed by atoms with E-state index in [-0.39, 0.29) is 24.2 Å². The predicted molar refractivity (Wildman–Crippen MR) is 95.6 cm³/mol. The van der Waals surface area contributed by atoms with Crippen LogP contribution in [0.15, 0.2) is 11.3 Å². The molecule has 0 aromatic rings. The van der Waals surface area contributed by atoms with Crippen molar-refractivity contribution >= 4 is 5.97 Å². The molecule has 0 aromatic carbocycles. The van der Waals surface area contributed by atoms with Crippen molar-refractivity contribution in [1.29, 1.82) is 0 Å². The summed E-state index contributed by atoms with van der Waals surface area (Å²) in [6.45, 7) is 0.340. The van der Waals surface area contributed by atoms with Crippen LogP contribution in [0.3, 0.4) is 0 Å². The Morgan fingerprint density at radius 2 is 2.04 bits per heavy atom. The number of carboxylic acids is 1. The van der Waals surface area contributed by atoms with Crippen LogP contribution in [0.5, 0.6) is 0 Å². The molecule has 144 valence electrons. The molecule has 3 aliphatic carbocycles. The zero-order chi connectivity index (χ0) is 18.5. The van der Waals surface area contributed by atoms with Gasteiger partial charge in [0.05, 0.1) is 18.6 Å². The minimum Gasteiger partial charge on any atom is -0.481 e. The average Bonchev–Trinajstić information content (AvgIpc) is 2.87. The molecule has 0 amide bonds. The summed E-state index contributed by atoms with van der Waals surface area (Å²) in [5.74, 6) is 5.58. The Morgan fingerprint density at radius 1 is 1.27 bits per heavy atom. The summed E-state index contributed by atoms with van der Waals surface area (Å²) in [4.78, 5) is 15.8. The highest BCUT2D eigenvalue weighted by Gasteiger charge is 2.45. The molecular weight excluding hydrogens is 334 g/mol. The van der Waals surface area contributed by atoms with Gasteiger partial charge in [-0.25, -0.2) is 0 Å². The van der Waals surface area contributed by atoms with Crippen molar-refractivity contribution in [2.75, 3.05) is 6.61 Å². The summed E-state index contributed by atoms with van der Waals surface area (Å²) in [6, 6.07) is 0. The summed E-state index contributed by atoms with van der Waals surface area (Å²) in [5.41, 5.74) is 5.04. The van der Waals surface area contributed by atoms with E-state index in [1.807, 2.05) is 0 Å². The third-order valence-electron chi connectivity index (χ3n) is 5.87. The quantitative estimate of drug-likeness (QED) is 0.314. The molecule has 2 saturated carbocycles. The topological polar surface area (TPSA) is 99.0 Å². The van der Waals surface area contributed by atoms with E-state index in [1.54, 1.807) is 0 Å². The van der Waals surface area contributed by atoms with Gasteiger partial charge < -0.3 is 15.3 Å². The largest absolute Gasteiger partial charge is 0.481 e. The van der Waals surface area contributed by atoms with Crippen LogP contribution in [0.2, 0.25) is 0 Å². The van der Waals surface area contributed by atoms with Crippen LogP contribution in [0.1, 0.15) is 57.8 Å². The van der Waals surface area contributed by atoms with Crippen LogP contribution in [0.25, 0.3) is 0 Å². The smallest absolute Gasteiger partial charge is 0.303 e. The molecule has 0 spiro atoms. The van der Waals surface area contributed by atoms with Crippen LogP contribution >= 0.6 is 0 Å². The summed E-state index contributed by atoms with van der Waals surface area (Å²) >= 11 is 0. The Kier molecular flexibility index (Phi) is 6.58. The average molecular weight is 363 g/mol. The number of aliphatic hydroxyl groups excluding tert-OH is 2. The van der Waals surface area contributed by atoms with Gasteiger partial charge in [0, 0.05) is 18.0 Å². The first-order valence-corrected chi connectivity index (χ1v) is 9.75. The Hall–Kier alpha value is -1.55. The highest BCUT2D eigenvalue weighted by molar-refractivity contribution is 5.66. The summed E-state index contributed by atoms with van der Waals surface area (Å²) in [6.07, 6.45) is 6.63. The van der Waals surface area contributed by atoms with Crippen LogP contribution < -0.4 is 5.48 Å². The summed E-state index contributed by atoms with van der Waals surface area (Å²) in [5, 5.41) is 29.3. The molecule has 0 heterocycles. The maximum Gasteiger partial charge on any atom is 0.303 e. The lowest BCUT2D eigenvalue weighted by molar-refractivity contribution is -0.137. The SMILES string of the molecule is O=C(O)CCCONC1=C2CC(C#CC(O)C3CCCCC3)C(O)C2C1. The van der Waals surface area contributed by atoms with E-state index in [0.29, 0.717) is 19.4 Å². The molecule has 0 radical (unpaired) electrons. The van der Waals surface area contributed by atoms with Gasteiger partial charge in [0.1, 0.15) is 6.10 Å². The van der Waals surface area contributed by atoms with Gasteiger partial charge in [-0.1, -0.05) is 31.1 Å². The molecule has 3 aliphatic rings. The molecule has 26 heavy (non-hydrogen) atoms. The molecule has 2 fully saturated rings. The minimum atomic E-state index is -0.824. The number of hydrogen-bond acceptors (Lipinski definition) is 5. The second-order valence-electron chi connectivity index (χ2n) is 7.70. The van der Waals surface area contributed by atoms with Crippen LogP contribution in [-0.4, -0.2) is 40.1 Å². The second-order valence-corrected chi connectivity index (χ2v) is 7.70. The zero-order valence-corrected chi connectivity index (χ0v) is 15.1. The number of allylic oxidation sites excluding steroid dienone is 1. The first-order chi connectivity index (χ1) is 12.6. The lowest BCUT2D eigenvalue weighted by Crippen LogP contribution is -2.32. The molecule has 0 aromatic heterocycles. The van der Waals surface area contributed by atoms with E-state index >= 15 is 0 Å². The minimum absolute atomic E-state index is 0.0932. The number of carboxylic acid groups (broad SMARTS) is 1. The van der Waals surface area contributed by atoms with Crippen molar-refractivity contribution in [3.05, 3.63) is 11.3 Å². The van der Waals surface area contributed by atoms with Gasteiger partial charge in [-0.2, -0.15) is 0 Å². The molecule has 6 heteroatoms. The first kappa shape index (κ1) is 19.2. The van der Waals surface area contributed by atoms with Gasteiger partial charge in [0.25, 0.3) is 0 Å². The standard InChI is InChI=1S/C20H29NO5/c22-18(13-5-2-1-3-6-13)9-8-14-11-15-16(20(14)25)12-17(15)21-26-10-4-7-19(23)24/h13-14,16,18,20-22,25H,1-7,10-12H2,(H,23,24). The normalized spacial score (nSPS) is 29.4. The molecule has 4 N–H and O–H groups in total. The fraction of sp³-hybridized carbons (Fsp3) is 0.750. The maximum absolute atomic E-state index is 10.5. The molecule has 4 unspecified atom stereocenters. The molecule has 0 saturated heterocycles. The lowest BCUT2D eigenvalue weighted by Gasteiger charge is -2.30.